The molecule has 1 aromatic carbocycles. The highest BCUT2D eigenvalue weighted by molar-refractivity contribution is 6.30. The molecule has 1 saturated carbocycles. The van der Waals surface area contributed by atoms with Gasteiger partial charge in [0.25, 0.3) is 0 Å². The van der Waals surface area contributed by atoms with Crippen LogP contribution in [-0.2, 0) is 0 Å². The molecule has 1 aliphatic rings. The number of halogens is 1. The minimum Gasteiger partial charge on any atom is -0.483 e. The molecule has 0 amide bonds. The van der Waals surface area contributed by atoms with E-state index in [0.29, 0.717) is 5.02 Å². The highest BCUT2D eigenvalue weighted by Gasteiger charge is 2.23. The van der Waals surface area contributed by atoms with Crippen molar-refractivity contribution in [2.75, 3.05) is 0 Å². The molecule has 0 aromatic heterocycles. The number of nitro benzene ring substituents is 1. The maximum Gasteiger partial charge on any atom is 0.311 e. The van der Waals surface area contributed by atoms with E-state index >= 15 is 0 Å². The first-order chi connectivity index (χ1) is 8.56. The number of rotatable bonds is 3. The van der Waals surface area contributed by atoms with E-state index in [2.05, 4.69) is 6.92 Å². The fraction of sp³-hybridized carbons (Fsp3) is 0.538. The Morgan fingerprint density at radius 2 is 2.00 bits per heavy atom. The Kier molecular flexibility index (Phi) is 4.07. The molecule has 0 radical (unpaired) electrons. The standard InChI is InChI=1S/C13H16ClNO3/c1-9-2-5-11(6-3-9)18-13-8-10(14)4-7-12(13)15(16)17/h4,7-9,11H,2-3,5-6H2,1H3. The van der Waals surface area contributed by atoms with Crippen LogP contribution in [0.2, 0.25) is 5.02 Å². The Morgan fingerprint density at radius 1 is 1.33 bits per heavy atom. The van der Waals surface area contributed by atoms with Gasteiger partial charge in [0.15, 0.2) is 5.75 Å². The lowest BCUT2D eigenvalue weighted by Crippen LogP contribution is -2.23. The maximum atomic E-state index is 10.9. The average Bonchev–Trinajstić information content (AvgIpc) is 2.32. The molecule has 1 aromatic rings. The monoisotopic (exact) mass is 269 g/mol. The molecule has 0 atom stereocenters. The number of benzene rings is 1. The van der Waals surface area contributed by atoms with E-state index < -0.39 is 4.92 Å². The zero-order chi connectivity index (χ0) is 13.1. The SMILES string of the molecule is CC1CCC(Oc2cc(Cl)ccc2[N+](=O)[O-])CC1. The van der Waals surface area contributed by atoms with E-state index in [4.69, 9.17) is 16.3 Å². The van der Waals surface area contributed by atoms with Crippen LogP contribution in [0.15, 0.2) is 18.2 Å². The molecule has 0 N–H and O–H groups in total. The third-order valence-electron chi connectivity index (χ3n) is 3.38. The largest absolute Gasteiger partial charge is 0.483 e. The molecule has 0 heterocycles. The molecular formula is C13H16ClNO3. The zero-order valence-corrected chi connectivity index (χ0v) is 11.0. The van der Waals surface area contributed by atoms with Crippen molar-refractivity contribution >= 4 is 17.3 Å². The van der Waals surface area contributed by atoms with Gasteiger partial charge in [-0.25, -0.2) is 0 Å². The third-order valence-corrected chi connectivity index (χ3v) is 3.61. The highest BCUT2D eigenvalue weighted by Crippen LogP contribution is 2.34. The van der Waals surface area contributed by atoms with Crippen molar-refractivity contribution in [3.8, 4) is 5.75 Å². The summed E-state index contributed by atoms with van der Waals surface area (Å²) in [5.74, 6) is 1.01. The van der Waals surface area contributed by atoms with Crippen LogP contribution < -0.4 is 4.74 Å². The van der Waals surface area contributed by atoms with Gasteiger partial charge in [0.1, 0.15) is 0 Å². The first-order valence-electron chi connectivity index (χ1n) is 6.17. The Bertz CT molecular complexity index is 442. The molecule has 0 bridgehead atoms. The summed E-state index contributed by atoms with van der Waals surface area (Å²) in [5.41, 5.74) is -0.0157. The van der Waals surface area contributed by atoms with Crippen LogP contribution in [0.4, 0.5) is 5.69 Å². The Morgan fingerprint density at radius 3 is 2.61 bits per heavy atom. The quantitative estimate of drug-likeness (QED) is 0.610. The van der Waals surface area contributed by atoms with Crippen LogP contribution in [-0.4, -0.2) is 11.0 Å². The summed E-state index contributed by atoms with van der Waals surface area (Å²) in [4.78, 5) is 10.5. The summed E-state index contributed by atoms with van der Waals surface area (Å²) in [6, 6.07) is 4.43. The second kappa shape index (κ2) is 5.57. The lowest BCUT2D eigenvalue weighted by molar-refractivity contribution is -0.386. The lowest BCUT2D eigenvalue weighted by atomic mass is 9.89. The number of ether oxygens (including phenoxy) is 1. The van der Waals surface area contributed by atoms with Gasteiger partial charge in [-0.1, -0.05) is 18.5 Å². The van der Waals surface area contributed by atoms with E-state index in [1.165, 1.54) is 18.2 Å². The van der Waals surface area contributed by atoms with Crippen molar-refractivity contribution in [3.63, 3.8) is 0 Å². The summed E-state index contributed by atoms with van der Waals surface area (Å²) >= 11 is 5.86. The average molecular weight is 270 g/mol. The molecule has 0 saturated heterocycles. The molecule has 1 fully saturated rings. The number of hydrogen-bond acceptors (Lipinski definition) is 3. The molecule has 1 aliphatic carbocycles. The predicted octanol–water partition coefficient (Wildman–Crippen LogP) is 4.21. The third kappa shape index (κ3) is 3.13. The van der Waals surface area contributed by atoms with Gasteiger partial charge in [-0.05, 0) is 37.7 Å². The normalized spacial score (nSPS) is 23.7. The fourth-order valence-electron chi connectivity index (χ4n) is 2.26. The summed E-state index contributed by atoms with van der Waals surface area (Å²) in [5, 5.41) is 11.4. The number of nitro groups is 1. The summed E-state index contributed by atoms with van der Waals surface area (Å²) in [6.07, 6.45) is 4.19. The van der Waals surface area contributed by atoms with Gasteiger partial charge in [-0.15, -0.1) is 0 Å². The Labute approximate surface area is 111 Å². The van der Waals surface area contributed by atoms with Crippen molar-refractivity contribution < 1.29 is 9.66 Å². The van der Waals surface area contributed by atoms with E-state index in [1.54, 1.807) is 0 Å². The van der Waals surface area contributed by atoms with E-state index in [-0.39, 0.29) is 17.5 Å². The zero-order valence-electron chi connectivity index (χ0n) is 10.3. The predicted molar refractivity (Wildman–Crippen MR) is 70.2 cm³/mol. The summed E-state index contributed by atoms with van der Waals surface area (Å²) in [7, 11) is 0. The molecule has 0 aliphatic heterocycles. The Hall–Kier alpha value is -1.29. The van der Waals surface area contributed by atoms with Crippen LogP contribution in [0, 0.1) is 16.0 Å². The van der Waals surface area contributed by atoms with Gasteiger partial charge in [0.05, 0.1) is 11.0 Å². The van der Waals surface area contributed by atoms with E-state index in [9.17, 15) is 10.1 Å². The first-order valence-corrected chi connectivity index (χ1v) is 6.54. The number of nitrogens with zero attached hydrogens (tertiary/aromatic N) is 1. The van der Waals surface area contributed by atoms with Gasteiger partial charge in [0.2, 0.25) is 0 Å². The van der Waals surface area contributed by atoms with Crippen molar-refractivity contribution in [3.05, 3.63) is 33.3 Å². The van der Waals surface area contributed by atoms with Gasteiger partial charge in [-0.3, -0.25) is 10.1 Å². The first kappa shape index (κ1) is 13.1. The molecule has 18 heavy (non-hydrogen) atoms. The van der Waals surface area contributed by atoms with E-state index in [1.807, 2.05) is 0 Å². The van der Waals surface area contributed by atoms with Crippen LogP contribution in [0.5, 0.6) is 5.75 Å². The topological polar surface area (TPSA) is 52.4 Å². The fourth-order valence-corrected chi connectivity index (χ4v) is 2.42. The molecular weight excluding hydrogens is 254 g/mol. The number of hydrogen-bond donors (Lipinski definition) is 0. The molecule has 2 rings (SSSR count). The van der Waals surface area contributed by atoms with Crippen molar-refractivity contribution in [1.82, 2.24) is 0 Å². The minimum atomic E-state index is -0.433. The lowest BCUT2D eigenvalue weighted by Gasteiger charge is -2.26. The van der Waals surface area contributed by atoms with Gasteiger partial charge < -0.3 is 4.74 Å². The van der Waals surface area contributed by atoms with Crippen molar-refractivity contribution in [2.45, 2.75) is 38.7 Å². The molecule has 98 valence electrons. The van der Waals surface area contributed by atoms with Gasteiger partial charge >= 0.3 is 5.69 Å². The highest BCUT2D eigenvalue weighted by atomic mass is 35.5. The van der Waals surface area contributed by atoms with Gasteiger partial charge in [-0.2, -0.15) is 0 Å². The Balaban J connectivity index is 2.12. The van der Waals surface area contributed by atoms with Crippen LogP contribution in [0.3, 0.4) is 0 Å². The van der Waals surface area contributed by atoms with Gasteiger partial charge in [0, 0.05) is 17.2 Å². The molecule has 0 spiro atoms. The summed E-state index contributed by atoms with van der Waals surface area (Å²) in [6.45, 7) is 2.22. The maximum absolute atomic E-state index is 10.9. The molecule has 5 heteroatoms. The smallest absolute Gasteiger partial charge is 0.311 e. The minimum absolute atomic E-state index is 0.0157. The van der Waals surface area contributed by atoms with Crippen LogP contribution >= 0.6 is 11.6 Å². The van der Waals surface area contributed by atoms with Crippen LogP contribution in [0.25, 0.3) is 0 Å². The van der Waals surface area contributed by atoms with Crippen molar-refractivity contribution in [2.24, 2.45) is 5.92 Å². The second-order valence-corrected chi connectivity index (χ2v) is 5.31. The van der Waals surface area contributed by atoms with E-state index in [0.717, 1.165) is 31.6 Å². The second-order valence-electron chi connectivity index (χ2n) is 4.87. The summed E-state index contributed by atoms with van der Waals surface area (Å²) < 4.78 is 5.75. The molecule has 4 nitrogen and oxygen atoms in total. The molecule has 0 unspecified atom stereocenters. The van der Waals surface area contributed by atoms with Crippen LogP contribution in [0.1, 0.15) is 32.6 Å². The van der Waals surface area contributed by atoms with Crippen molar-refractivity contribution in [1.29, 1.82) is 0 Å².